The summed E-state index contributed by atoms with van der Waals surface area (Å²) in [6, 6.07) is 16.7. The molecule has 0 saturated carbocycles. The molecule has 0 aliphatic carbocycles. The average Bonchev–Trinajstić information content (AvgIpc) is 3.11. The van der Waals surface area contributed by atoms with Crippen molar-refractivity contribution in [3.63, 3.8) is 0 Å². The van der Waals surface area contributed by atoms with E-state index in [2.05, 4.69) is 56.5 Å². The second kappa shape index (κ2) is 6.40. The maximum atomic E-state index is 13.3. The molecule has 1 aromatic heterocycles. The first kappa shape index (κ1) is 17.2. The van der Waals surface area contributed by atoms with Gasteiger partial charge in [-0.15, -0.1) is 0 Å². The molecule has 29 heavy (non-hydrogen) atoms. The molecule has 0 radical (unpaired) electrons. The lowest BCUT2D eigenvalue weighted by molar-refractivity contribution is 0.589. The average molecular weight is 447 g/mol. The Labute approximate surface area is 176 Å². The predicted molar refractivity (Wildman–Crippen MR) is 121 cm³/mol. The fraction of sp³-hybridized carbons (Fsp3) is 0.217. The second-order valence-electron chi connectivity index (χ2n) is 7.74. The van der Waals surface area contributed by atoms with Crippen LogP contribution in [0.3, 0.4) is 0 Å². The minimum Gasteiger partial charge on any atom is -0.368 e. The molecule has 144 valence electrons. The molecule has 3 aromatic carbocycles. The maximum absolute atomic E-state index is 13.3. The quantitative estimate of drug-likeness (QED) is 0.425. The number of rotatable bonds is 1. The molecule has 0 bridgehead atoms. The van der Waals surface area contributed by atoms with Gasteiger partial charge in [0, 0.05) is 36.2 Å². The van der Waals surface area contributed by atoms with Gasteiger partial charge in [0.15, 0.2) is 0 Å². The molecule has 6 rings (SSSR count). The van der Waals surface area contributed by atoms with Crippen molar-refractivity contribution in [2.45, 2.75) is 6.54 Å². The van der Waals surface area contributed by atoms with Crippen LogP contribution in [0.15, 0.2) is 57.8 Å². The van der Waals surface area contributed by atoms with Crippen molar-refractivity contribution in [1.82, 2.24) is 14.9 Å². The van der Waals surface area contributed by atoms with Crippen LogP contribution in [0, 0.1) is 0 Å². The van der Waals surface area contributed by atoms with Gasteiger partial charge >= 0.3 is 0 Å². The summed E-state index contributed by atoms with van der Waals surface area (Å²) in [5.41, 5.74) is 4.11. The van der Waals surface area contributed by atoms with Crippen LogP contribution >= 0.6 is 15.9 Å². The molecule has 6 heteroatoms. The molecule has 0 unspecified atom stereocenters. The van der Waals surface area contributed by atoms with E-state index in [-0.39, 0.29) is 5.56 Å². The number of piperazine rings is 1. The Morgan fingerprint density at radius 2 is 1.76 bits per heavy atom. The number of fused-ring (bicyclic) bond motifs is 5. The number of hydrogen-bond acceptors (Lipinski definition) is 4. The Morgan fingerprint density at radius 1 is 1.00 bits per heavy atom. The maximum Gasteiger partial charge on any atom is 0.262 e. The third kappa shape index (κ3) is 2.63. The van der Waals surface area contributed by atoms with Crippen molar-refractivity contribution in [3.8, 4) is 11.4 Å². The number of benzene rings is 3. The molecule has 2 aliphatic rings. The Bertz CT molecular complexity index is 1350. The summed E-state index contributed by atoms with van der Waals surface area (Å²) in [4.78, 5) is 20.6. The van der Waals surface area contributed by atoms with E-state index in [9.17, 15) is 4.79 Å². The lowest BCUT2D eigenvalue weighted by atomic mass is 10.0. The Balaban J connectivity index is 1.57. The number of anilines is 1. The number of aromatic nitrogens is 2. The Kier molecular flexibility index (Phi) is 3.79. The zero-order valence-corrected chi connectivity index (χ0v) is 17.4. The van der Waals surface area contributed by atoms with Crippen LogP contribution in [0.5, 0.6) is 0 Å². The van der Waals surface area contributed by atoms with Crippen LogP contribution in [0.1, 0.15) is 5.56 Å². The van der Waals surface area contributed by atoms with E-state index in [1.54, 1.807) is 0 Å². The van der Waals surface area contributed by atoms with Gasteiger partial charge in [0.25, 0.3) is 5.56 Å². The Morgan fingerprint density at radius 3 is 2.55 bits per heavy atom. The van der Waals surface area contributed by atoms with Crippen molar-refractivity contribution < 1.29 is 0 Å². The highest BCUT2D eigenvalue weighted by Crippen LogP contribution is 2.35. The first-order valence-electron chi connectivity index (χ1n) is 9.91. The summed E-state index contributed by atoms with van der Waals surface area (Å²) in [5.74, 6) is 0.775. The lowest BCUT2D eigenvalue weighted by Crippen LogP contribution is -2.43. The van der Waals surface area contributed by atoms with E-state index in [4.69, 9.17) is 4.98 Å². The number of nitrogens with zero attached hydrogens (tertiary/aromatic N) is 3. The number of hydrogen-bond donors (Lipinski definition) is 1. The zero-order chi connectivity index (χ0) is 19.5. The fourth-order valence-corrected chi connectivity index (χ4v) is 5.12. The molecular formula is C23H19BrN4O. The molecule has 1 N–H and O–H groups in total. The van der Waals surface area contributed by atoms with Crippen LogP contribution in [0.25, 0.3) is 33.1 Å². The van der Waals surface area contributed by atoms with Crippen molar-refractivity contribution >= 4 is 43.3 Å². The van der Waals surface area contributed by atoms with Gasteiger partial charge in [-0.3, -0.25) is 9.36 Å². The van der Waals surface area contributed by atoms with Crippen LogP contribution in [0.4, 0.5) is 5.69 Å². The van der Waals surface area contributed by atoms with E-state index in [1.165, 1.54) is 10.8 Å². The van der Waals surface area contributed by atoms with E-state index in [0.29, 0.717) is 11.9 Å². The van der Waals surface area contributed by atoms with Gasteiger partial charge in [-0.25, -0.2) is 4.98 Å². The lowest BCUT2D eigenvalue weighted by Gasteiger charge is -2.30. The molecule has 0 spiro atoms. The summed E-state index contributed by atoms with van der Waals surface area (Å²) in [6.07, 6.45) is 0. The van der Waals surface area contributed by atoms with E-state index < -0.39 is 0 Å². The zero-order valence-electron chi connectivity index (χ0n) is 15.8. The van der Waals surface area contributed by atoms with E-state index in [1.807, 2.05) is 22.8 Å². The molecule has 1 fully saturated rings. The van der Waals surface area contributed by atoms with Gasteiger partial charge in [-0.2, -0.15) is 0 Å². The van der Waals surface area contributed by atoms with Crippen LogP contribution < -0.4 is 15.8 Å². The monoisotopic (exact) mass is 446 g/mol. The van der Waals surface area contributed by atoms with Crippen molar-refractivity contribution in [2.24, 2.45) is 0 Å². The summed E-state index contributed by atoms with van der Waals surface area (Å²) >= 11 is 3.69. The molecule has 2 aliphatic heterocycles. The summed E-state index contributed by atoms with van der Waals surface area (Å²) < 4.78 is 2.76. The summed E-state index contributed by atoms with van der Waals surface area (Å²) in [7, 11) is 0. The summed E-state index contributed by atoms with van der Waals surface area (Å²) in [5, 5.41) is 6.41. The van der Waals surface area contributed by atoms with Crippen molar-refractivity contribution in [2.75, 3.05) is 31.1 Å². The van der Waals surface area contributed by atoms with Crippen molar-refractivity contribution in [3.05, 3.63) is 68.9 Å². The van der Waals surface area contributed by atoms with Gasteiger partial charge < -0.3 is 10.2 Å². The van der Waals surface area contributed by atoms with Gasteiger partial charge in [-0.05, 0) is 56.5 Å². The van der Waals surface area contributed by atoms with Gasteiger partial charge in [-0.1, -0.05) is 24.3 Å². The SMILES string of the molecule is O=c1c2cc(Br)c(N3CCNCC3)cc2nc2n1Cc1cc3ccccc3cc1-2. The highest BCUT2D eigenvalue weighted by atomic mass is 79.9. The predicted octanol–water partition coefficient (Wildman–Crippen LogP) is 3.75. The first-order valence-corrected chi connectivity index (χ1v) is 10.7. The number of halogens is 1. The topological polar surface area (TPSA) is 50.2 Å². The molecule has 3 heterocycles. The molecule has 5 nitrogen and oxygen atoms in total. The minimum absolute atomic E-state index is 0.0258. The Hall–Kier alpha value is -2.70. The highest BCUT2D eigenvalue weighted by molar-refractivity contribution is 9.10. The van der Waals surface area contributed by atoms with Gasteiger partial charge in [0.1, 0.15) is 5.82 Å². The largest absolute Gasteiger partial charge is 0.368 e. The molecule has 0 amide bonds. The van der Waals surface area contributed by atoms with Crippen molar-refractivity contribution in [1.29, 1.82) is 0 Å². The van der Waals surface area contributed by atoms with Crippen LogP contribution in [0.2, 0.25) is 0 Å². The van der Waals surface area contributed by atoms with Gasteiger partial charge in [0.2, 0.25) is 0 Å². The highest BCUT2D eigenvalue weighted by Gasteiger charge is 2.24. The molecule has 0 atom stereocenters. The first-order chi connectivity index (χ1) is 14.2. The number of nitrogens with one attached hydrogen (secondary N) is 1. The second-order valence-corrected chi connectivity index (χ2v) is 8.60. The third-order valence-electron chi connectivity index (χ3n) is 6.02. The fourth-order valence-electron chi connectivity index (χ4n) is 4.53. The third-order valence-corrected chi connectivity index (χ3v) is 6.66. The summed E-state index contributed by atoms with van der Waals surface area (Å²) in [6.45, 7) is 4.40. The minimum atomic E-state index is 0.0258. The van der Waals surface area contributed by atoms with E-state index >= 15 is 0 Å². The smallest absolute Gasteiger partial charge is 0.262 e. The normalized spacial score (nSPS) is 15.7. The van der Waals surface area contributed by atoms with Crippen LogP contribution in [-0.2, 0) is 6.54 Å². The standard InChI is InChI=1S/C23H19BrN4O/c24-19-11-18-20(12-21(19)27-7-5-25-6-8-27)26-22-17-10-15-4-2-1-3-14(15)9-16(17)13-28(22)23(18)29/h1-4,9-12,25H,5-8,13H2. The molecular weight excluding hydrogens is 428 g/mol. The van der Waals surface area contributed by atoms with E-state index in [0.717, 1.165) is 58.8 Å². The molecule has 4 aromatic rings. The van der Waals surface area contributed by atoms with Gasteiger partial charge in [0.05, 0.1) is 23.1 Å². The molecule has 1 saturated heterocycles. The van der Waals surface area contributed by atoms with Crippen LogP contribution in [-0.4, -0.2) is 35.7 Å².